The van der Waals surface area contributed by atoms with E-state index in [0.29, 0.717) is 6.04 Å². The molecule has 2 rings (SSSR count). The number of likely N-dealkylation sites (tertiary alicyclic amines) is 1. The van der Waals surface area contributed by atoms with Gasteiger partial charge < -0.3 is 10.6 Å². The van der Waals surface area contributed by atoms with Crippen LogP contribution in [0.2, 0.25) is 0 Å². The molecule has 0 amide bonds. The fourth-order valence-corrected chi connectivity index (χ4v) is 2.98. The summed E-state index contributed by atoms with van der Waals surface area (Å²) in [5.74, 6) is 0.938. The maximum Gasteiger partial charge on any atom is 0.191 e. The van der Waals surface area contributed by atoms with E-state index in [9.17, 15) is 0 Å². The first kappa shape index (κ1) is 20.7. The molecule has 1 aliphatic heterocycles. The zero-order chi connectivity index (χ0) is 15.8. The van der Waals surface area contributed by atoms with E-state index in [0.717, 1.165) is 43.0 Å². The van der Waals surface area contributed by atoms with E-state index in [2.05, 4.69) is 67.6 Å². The van der Waals surface area contributed by atoms with Crippen molar-refractivity contribution in [3.8, 4) is 0 Å². The van der Waals surface area contributed by atoms with Crippen molar-refractivity contribution in [3.63, 3.8) is 0 Å². The predicted octanol–water partition coefficient (Wildman–Crippen LogP) is 3.61. The minimum absolute atomic E-state index is 0. The first-order chi connectivity index (χ1) is 10.7. The summed E-state index contributed by atoms with van der Waals surface area (Å²) in [5, 5.41) is 6.88. The van der Waals surface area contributed by atoms with Gasteiger partial charge in [-0.05, 0) is 37.0 Å². The fourth-order valence-electron chi connectivity index (χ4n) is 2.71. The van der Waals surface area contributed by atoms with Gasteiger partial charge in [-0.15, -0.1) is 24.0 Å². The summed E-state index contributed by atoms with van der Waals surface area (Å²) in [4.78, 5) is 6.82. The molecule has 0 unspecified atom stereocenters. The van der Waals surface area contributed by atoms with Gasteiger partial charge in [0.1, 0.15) is 0 Å². The van der Waals surface area contributed by atoms with Crippen LogP contribution in [0.25, 0.3) is 0 Å². The van der Waals surface area contributed by atoms with E-state index in [1.165, 1.54) is 18.4 Å². The Labute approximate surface area is 165 Å². The summed E-state index contributed by atoms with van der Waals surface area (Å²) in [6.45, 7) is 6.46. The molecule has 1 heterocycles. The summed E-state index contributed by atoms with van der Waals surface area (Å²) in [5.41, 5.74) is 1.38. The van der Waals surface area contributed by atoms with E-state index in [-0.39, 0.29) is 24.0 Å². The van der Waals surface area contributed by atoms with Crippen LogP contribution in [0.5, 0.6) is 0 Å². The lowest BCUT2D eigenvalue weighted by Gasteiger charge is -2.33. The van der Waals surface area contributed by atoms with Gasteiger partial charge in [-0.1, -0.05) is 35.0 Å². The highest BCUT2D eigenvalue weighted by atomic mass is 127. The van der Waals surface area contributed by atoms with Crippen LogP contribution in [-0.4, -0.2) is 43.6 Å². The molecule has 0 saturated carbocycles. The summed E-state index contributed by atoms with van der Waals surface area (Å²) in [6.07, 6.45) is 3.46. The van der Waals surface area contributed by atoms with E-state index < -0.39 is 0 Å². The molecule has 0 aliphatic carbocycles. The number of piperidine rings is 1. The Hall–Kier alpha value is -0.340. The zero-order valence-electron chi connectivity index (χ0n) is 14.0. The normalized spacial score (nSPS) is 16.7. The summed E-state index contributed by atoms with van der Waals surface area (Å²) in [7, 11) is 1.84. The van der Waals surface area contributed by atoms with Crippen molar-refractivity contribution in [1.82, 2.24) is 15.5 Å². The molecule has 0 bridgehead atoms. The first-order valence-electron chi connectivity index (χ1n) is 8.15. The highest BCUT2D eigenvalue weighted by Crippen LogP contribution is 2.16. The van der Waals surface area contributed by atoms with E-state index >= 15 is 0 Å². The molecular weight excluding hydrogens is 467 g/mol. The van der Waals surface area contributed by atoms with Crippen LogP contribution in [0.15, 0.2) is 33.7 Å². The standard InChI is InChI=1S/C17H27BrN4.HI/c1-3-10-20-17(19-2)21-16-8-11-22(12-9-16)13-14-4-6-15(18)7-5-14;/h4-7,16H,3,8-13H2,1-2H3,(H2,19,20,21);1H. The lowest BCUT2D eigenvalue weighted by molar-refractivity contribution is 0.198. The number of benzene rings is 1. The Bertz CT molecular complexity index is 470. The van der Waals surface area contributed by atoms with Gasteiger partial charge >= 0.3 is 0 Å². The highest BCUT2D eigenvalue weighted by molar-refractivity contribution is 14.0. The topological polar surface area (TPSA) is 39.7 Å². The molecule has 0 spiro atoms. The van der Waals surface area contributed by atoms with Gasteiger partial charge in [0.15, 0.2) is 5.96 Å². The SMILES string of the molecule is CCCNC(=NC)NC1CCN(Cc2ccc(Br)cc2)CC1.I. The van der Waals surface area contributed by atoms with Crippen molar-refractivity contribution < 1.29 is 0 Å². The maximum absolute atomic E-state index is 4.29. The lowest BCUT2D eigenvalue weighted by Crippen LogP contribution is -2.48. The van der Waals surface area contributed by atoms with Gasteiger partial charge in [0.25, 0.3) is 0 Å². The Morgan fingerprint density at radius 3 is 2.48 bits per heavy atom. The van der Waals surface area contributed by atoms with Crippen molar-refractivity contribution in [3.05, 3.63) is 34.3 Å². The van der Waals surface area contributed by atoms with Crippen LogP contribution in [0, 0.1) is 0 Å². The van der Waals surface area contributed by atoms with Crippen LogP contribution in [0.3, 0.4) is 0 Å². The number of hydrogen-bond donors (Lipinski definition) is 2. The minimum Gasteiger partial charge on any atom is -0.356 e. The predicted molar refractivity (Wildman–Crippen MR) is 113 cm³/mol. The molecule has 0 aromatic heterocycles. The molecule has 0 radical (unpaired) electrons. The third kappa shape index (κ3) is 7.39. The quantitative estimate of drug-likeness (QED) is 0.373. The van der Waals surface area contributed by atoms with E-state index in [4.69, 9.17) is 0 Å². The molecule has 130 valence electrons. The third-order valence-corrected chi connectivity index (χ3v) is 4.54. The van der Waals surface area contributed by atoms with Crippen LogP contribution in [0.1, 0.15) is 31.7 Å². The maximum atomic E-state index is 4.29. The molecule has 1 aromatic rings. The second-order valence-corrected chi connectivity index (χ2v) is 6.74. The van der Waals surface area contributed by atoms with Gasteiger partial charge in [-0.2, -0.15) is 0 Å². The Kier molecular flexibility index (Phi) is 10.1. The first-order valence-corrected chi connectivity index (χ1v) is 8.94. The van der Waals surface area contributed by atoms with Crippen molar-refractivity contribution in [2.45, 2.75) is 38.8 Å². The van der Waals surface area contributed by atoms with Crippen LogP contribution < -0.4 is 10.6 Å². The monoisotopic (exact) mass is 494 g/mol. The average Bonchev–Trinajstić information content (AvgIpc) is 2.55. The largest absolute Gasteiger partial charge is 0.356 e. The van der Waals surface area contributed by atoms with E-state index in [1.54, 1.807) is 0 Å². The van der Waals surface area contributed by atoms with Gasteiger partial charge in [-0.3, -0.25) is 9.89 Å². The number of halogens is 2. The zero-order valence-corrected chi connectivity index (χ0v) is 17.9. The van der Waals surface area contributed by atoms with Crippen molar-refractivity contribution in [2.24, 2.45) is 4.99 Å². The second-order valence-electron chi connectivity index (χ2n) is 5.82. The van der Waals surface area contributed by atoms with Crippen LogP contribution in [0.4, 0.5) is 0 Å². The molecule has 1 aromatic carbocycles. The molecule has 0 atom stereocenters. The van der Waals surface area contributed by atoms with Crippen molar-refractivity contribution in [1.29, 1.82) is 0 Å². The summed E-state index contributed by atoms with van der Waals surface area (Å²) >= 11 is 3.49. The summed E-state index contributed by atoms with van der Waals surface area (Å²) < 4.78 is 1.14. The number of aliphatic imine (C=N–C) groups is 1. The number of guanidine groups is 1. The highest BCUT2D eigenvalue weighted by Gasteiger charge is 2.19. The van der Waals surface area contributed by atoms with Gasteiger partial charge in [0, 0.05) is 43.7 Å². The van der Waals surface area contributed by atoms with Gasteiger partial charge in [-0.25, -0.2) is 0 Å². The molecule has 4 nitrogen and oxygen atoms in total. The fraction of sp³-hybridized carbons (Fsp3) is 0.588. The summed E-state index contributed by atoms with van der Waals surface area (Å²) in [6, 6.07) is 9.17. The average molecular weight is 495 g/mol. The number of rotatable bonds is 5. The molecule has 1 aliphatic rings. The molecule has 1 saturated heterocycles. The smallest absolute Gasteiger partial charge is 0.191 e. The Balaban J connectivity index is 0.00000264. The van der Waals surface area contributed by atoms with E-state index in [1.807, 2.05) is 7.05 Å². The number of nitrogens with one attached hydrogen (secondary N) is 2. The van der Waals surface area contributed by atoms with Crippen molar-refractivity contribution >= 4 is 45.9 Å². The second kappa shape index (κ2) is 11.3. The Morgan fingerprint density at radius 1 is 1.26 bits per heavy atom. The molecule has 23 heavy (non-hydrogen) atoms. The van der Waals surface area contributed by atoms with Crippen molar-refractivity contribution in [2.75, 3.05) is 26.7 Å². The van der Waals surface area contributed by atoms with Gasteiger partial charge in [0.2, 0.25) is 0 Å². The number of nitrogens with zero attached hydrogens (tertiary/aromatic N) is 2. The Morgan fingerprint density at radius 2 is 1.91 bits per heavy atom. The molecule has 1 fully saturated rings. The lowest BCUT2D eigenvalue weighted by atomic mass is 10.0. The third-order valence-electron chi connectivity index (χ3n) is 4.01. The minimum atomic E-state index is 0. The number of hydrogen-bond acceptors (Lipinski definition) is 2. The van der Waals surface area contributed by atoms with Crippen LogP contribution in [-0.2, 0) is 6.54 Å². The molecular formula is C17H28BrIN4. The van der Waals surface area contributed by atoms with Gasteiger partial charge in [0.05, 0.1) is 0 Å². The molecule has 2 N–H and O–H groups in total. The molecule has 6 heteroatoms. The van der Waals surface area contributed by atoms with Crippen LogP contribution >= 0.6 is 39.9 Å².